The number of rotatable bonds is 3. The van der Waals surface area contributed by atoms with Crippen LogP contribution >= 0.6 is 0 Å². The number of piperidine rings is 1. The molecule has 0 unspecified atom stereocenters. The minimum atomic E-state index is -0.936. The van der Waals surface area contributed by atoms with E-state index in [4.69, 9.17) is 0 Å². The fraction of sp³-hybridized carbons (Fsp3) is 0.438. The van der Waals surface area contributed by atoms with Crippen molar-refractivity contribution in [3.05, 3.63) is 35.4 Å². The molecule has 0 radical (unpaired) electrons. The van der Waals surface area contributed by atoms with Gasteiger partial charge >= 0.3 is 12.0 Å². The number of aromatic carboxylic acids is 1. The maximum absolute atomic E-state index is 12.2. The summed E-state index contributed by atoms with van der Waals surface area (Å²) in [5.74, 6) is -1.11. The minimum absolute atomic E-state index is 0.173. The van der Waals surface area contributed by atoms with Gasteiger partial charge in [0.05, 0.1) is 5.56 Å². The molecule has 2 N–H and O–H groups in total. The summed E-state index contributed by atoms with van der Waals surface area (Å²) in [5.41, 5.74) is 0.280. The molecule has 0 aromatic heterocycles. The molecule has 1 aromatic rings. The van der Waals surface area contributed by atoms with Crippen LogP contribution in [0, 0.1) is 0 Å². The predicted octanol–water partition coefficient (Wildman–Crippen LogP) is 0.901. The topological polar surface area (TPSA) is 90.0 Å². The second kappa shape index (κ2) is 5.66. The molecule has 7 heteroatoms. The van der Waals surface area contributed by atoms with Gasteiger partial charge in [-0.2, -0.15) is 0 Å². The van der Waals surface area contributed by atoms with Crippen LogP contribution in [0.2, 0.25) is 0 Å². The predicted molar refractivity (Wildman–Crippen MR) is 81.9 cm³/mol. The van der Waals surface area contributed by atoms with Gasteiger partial charge in [0, 0.05) is 26.7 Å². The molecule has 0 atom stereocenters. The number of carboxylic acids is 1. The fourth-order valence-corrected chi connectivity index (χ4v) is 3.29. The number of imide groups is 1. The Morgan fingerprint density at radius 2 is 1.91 bits per heavy atom. The first-order valence-corrected chi connectivity index (χ1v) is 7.57. The molecule has 2 aliphatic rings. The molecular formula is C16H19N3O4. The van der Waals surface area contributed by atoms with Crippen molar-refractivity contribution in [1.82, 2.24) is 15.1 Å². The summed E-state index contributed by atoms with van der Waals surface area (Å²) in [4.78, 5) is 38.4. The van der Waals surface area contributed by atoms with E-state index in [1.807, 2.05) is 12.1 Å². The summed E-state index contributed by atoms with van der Waals surface area (Å²) in [6.45, 7) is 1.79. The molecule has 1 spiro atoms. The minimum Gasteiger partial charge on any atom is -0.478 e. The number of nitrogens with one attached hydrogen (secondary N) is 1. The molecule has 0 aliphatic carbocycles. The Hall–Kier alpha value is -2.41. The molecule has 122 valence electrons. The van der Waals surface area contributed by atoms with Gasteiger partial charge in [-0.15, -0.1) is 0 Å². The molecule has 2 fully saturated rings. The first kappa shape index (κ1) is 15.5. The van der Waals surface area contributed by atoms with Crippen LogP contribution in [-0.2, 0) is 11.3 Å². The molecule has 2 aliphatic heterocycles. The lowest BCUT2D eigenvalue weighted by molar-refractivity contribution is -0.132. The first-order chi connectivity index (χ1) is 10.9. The van der Waals surface area contributed by atoms with Gasteiger partial charge in [-0.3, -0.25) is 14.6 Å². The summed E-state index contributed by atoms with van der Waals surface area (Å²) >= 11 is 0. The van der Waals surface area contributed by atoms with E-state index in [-0.39, 0.29) is 11.9 Å². The van der Waals surface area contributed by atoms with E-state index in [1.165, 1.54) is 7.05 Å². The maximum Gasteiger partial charge on any atom is 0.336 e. The van der Waals surface area contributed by atoms with E-state index in [0.29, 0.717) is 38.0 Å². The van der Waals surface area contributed by atoms with E-state index < -0.39 is 11.5 Å². The smallest absolute Gasteiger partial charge is 0.336 e. The van der Waals surface area contributed by atoms with Gasteiger partial charge in [0.1, 0.15) is 5.54 Å². The number of likely N-dealkylation sites (N-methyl/N-ethyl adjacent to an activating group) is 1. The number of carbonyl (C=O) groups excluding carboxylic acids is 2. The van der Waals surface area contributed by atoms with Crippen LogP contribution in [0.4, 0.5) is 4.79 Å². The van der Waals surface area contributed by atoms with Crippen LogP contribution in [0.25, 0.3) is 0 Å². The number of nitrogens with zero attached hydrogens (tertiary/aromatic N) is 2. The Balaban J connectivity index is 1.68. The number of carboxylic acid groups (broad SMARTS) is 1. The van der Waals surface area contributed by atoms with Crippen LogP contribution in [-0.4, -0.2) is 58.5 Å². The van der Waals surface area contributed by atoms with Crippen LogP contribution < -0.4 is 5.32 Å². The standard InChI is InChI=1S/C16H19N3O4/c1-18-14(22)16(17-15(18)23)6-8-19(9-7-16)10-11-4-2-3-5-12(11)13(20)21/h2-5H,6-10H2,1H3,(H,17,23)(H,20,21). The summed E-state index contributed by atoms with van der Waals surface area (Å²) in [6, 6.07) is 6.59. The van der Waals surface area contributed by atoms with Gasteiger partial charge < -0.3 is 10.4 Å². The molecular weight excluding hydrogens is 298 g/mol. The number of urea groups is 1. The summed E-state index contributed by atoms with van der Waals surface area (Å²) in [6.07, 6.45) is 1.08. The lowest BCUT2D eigenvalue weighted by atomic mass is 9.87. The Morgan fingerprint density at radius 3 is 2.48 bits per heavy atom. The van der Waals surface area contributed by atoms with Crippen molar-refractivity contribution in [3.8, 4) is 0 Å². The van der Waals surface area contributed by atoms with Crippen molar-refractivity contribution in [2.24, 2.45) is 0 Å². The van der Waals surface area contributed by atoms with E-state index in [0.717, 1.165) is 10.5 Å². The van der Waals surface area contributed by atoms with Crippen molar-refractivity contribution in [1.29, 1.82) is 0 Å². The van der Waals surface area contributed by atoms with Crippen molar-refractivity contribution in [3.63, 3.8) is 0 Å². The normalized spacial score (nSPS) is 20.8. The van der Waals surface area contributed by atoms with Crippen LogP contribution in [0.3, 0.4) is 0 Å². The number of carbonyl (C=O) groups is 3. The third-order valence-corrected chi connectivity index (χ3v) is 4.72. The summed E-state index contributed by atoms with van der Waals surface area (Å²) in [5, 5.41) is 12.0. The van der Waals surface area contributed by atoms with Gasteiger partial charge in [-0.05, 0) is 24.5 Å². The van der Waals surface area contributed by atoms with E-state index in [1.54, 1.807) is 12.1 Å². The maximum atomic E-state index is 12.2. The second-order valence-electron chi connectivity index (χ2n) is 6.11. The molecule has 23 heavy (non-hydrogen) atoms. The second-order valence-corrected chi connectivity index (χ2v) is 6.11. The molecule has 3 rings (SSSR count). The van der Waals surface area contributed by atoms with Crippen LogP contribution in [0.15, 0.2) is 24.3 Å². The molecule has 1 aromatic carbocycles. The third-order valence-electron chi connectivity index (χ3n) is 4.72. The zero-order valence-corrected chi connectivity index (χ0v) is 12.9. The number of benzene rings is 1. The van der Waals surface area contributed by atoms with E-state index >= 15 is 0 Å². The highest BCUT2D eigenvalue weighted by Crippen LogP contribution is 2.29. The largest absolute Gasteiger partial charge is 0.478 e. The lowest BCUT2D eigenvalue weighted by Gasteiger charge is -2.37. The van der Waals surface area contributed by atoms with E-state index in [2.05, 4.69) is 10.2 Å². The van der Waals surface area contributed by atoms with Crippen molar-refractivity contribution in [2.45, 2.75) is 24.9 Å². The SMILES string of the molecule is CN1C(=O)NC2(CCN(Cc3ccccc3C(=O)O)CC2)C1=O. The summed E-state index contributed by atoms with van der Waals surface area (Å²) in [7, 11) is 1.49. The molecule has 0 saturated carbocycles. The average molecular weight is 317 g/mol. The van der Waals surface area contributed by atoms with Gasteiger partial charge in [0.2, 0.25) is 0 Å². The molecule has 2 heterocycles. The van der Waals surface area contributed by atoms with Gasteiger partial charge in [-0.25, -0.2) is 9.59 Å². The Kier molecular flexibility index (Phi) is 3.81. The lowest BCUT2D eigenvalue weighted by Crippen LogP contribution is -2.54. The number of hydrogen-bond acceptors (Lipinski definition) is 4. The highest BCUT2D eigenvalue weighted by molar-refractivity contribution is 6.06. The fourth-order valence-electron chi connectivity index (χ4n) is 3.29. The van der Waals surface area contributed by atoms with Crippen LogP contribution in [0.1, 0.15) is 28.8 Å². The highest BCUT2D eigenvalue weighted by Gasteiger charge is 2.50. The van der Waals surface area contributed by atoms with Crippen molar-refractivity contribution in [2.75, 3.05) is 20.1 Å². The van der Waals surface area contributed by atoms with Gasteiger partial charge in [0.25, 0.3) is 5.91 Å². The van der Waals surface area contributed by atoms with Crippen molar-refractivity contribution < 1.29 is 19.5 Å². The highest BCUT2D eigenvalue weighted by atomic mass is 16.4. The van der Waals surface area contributed by atoms with Gasteiger partial charge in [-0.1, -0.05) is 18.2 Å². The third kappa shape index (κ3) is 2.68. The Morgan fingerprint density at radius 1 is 1.26 bits per heavy atom. The first-order valence-electron chi connectivity index (χ1n) is 7.57. The zero-order chi connectivity index (χ0) is 16.6. The zero-order valence-electron chi connectivity index (χ0n) is 12.9. The molecule has 7 nitrogen and oxygen atoms in total. The quantitative estimate of drug-likeness (QED) is 0.809. The summed E-state index contributed by atoms with van der Waals surface area (Å²) < 4.78 is 0. The van der Waals surface area contributed by atoms with Crippen molar-refractivity contribution >= 4 is 17.9 Å². The monoisotopic (exact) mass is 317 g/mol. The molecule has 0 bridgehead atoms. The molecule has 2 saturated heterocycles. The molecule has 3 amide bonds. The Bertz CT molecular complexity index is 665. The Labute approximate surface area is 133 Å². The number of amides is 3. The van der Waals surface area contributed by atoms with E-state index in [9.17, 15) is 19.5 Å². The average Bonchev–Trinajstić information content (AvgIpc) is 2.74. The van der Waals surface area contributed by atoms with Gasteiger partial charge in [0.15, 0.2) is 0 Å². The number of likely N-dealkylation sites (tertiary alicyclic amines) is 1. The number of hydrogen-bond donors (Lipinski definition) is 2. The van der Waals surface area contributed by atoms with Crippen LogP contribution in [0.5, 0.6) is 0 Å².